The van der Waals surface area contributed by atoms with Gasteiger partial charge in [-0.25, -0.2) is 8.42 Å². The maximum atomic E-state index is 13.2. The summed E-state index contributed by atoms with van der Waals surface area (Å²) < 4.78 is 28.7. The SMILES string of the molecule is CCSC(=O)C1=CCN(S(=O)(=O)c2ccc(Cl)cc2)C1c1ccc(Br)cc1. The summed E-state index contributed by atoms with van der Waals surface area (Å²) in [5, 5.41) is 0.368. The van der Waals surface area contributed by atoms with Crippen LogP contribution in [0.5, 0.6) is 0 Å². The Morgan fingerprint density at radius 2 is 1.81 bits per heavy atom. The molecule has 1 unspecified atom stereocenters. The van der Waals surface area contributed by atoms with E-state index in [1.165, 1.54) is 28.2 Å². The lowest BCUT2D eigenvalue weighted by Gasteiger charge is -2.26. The molecule has 0 spiro atoms. The minimum Gasteiger partial charge on any atom is -0.282 e. The summed E-state index contributed by atoms with van der Waals surface area (Å²) in [4.78, 5) is 12.7. The van der Waals surface area contributed by atoms with Crippen LogP contribution in [0.3, 0.4) is 0 Å². The van der Waals surface area contributed by atoms with Gasteiger partial charge in [0.15, 0.2) is 0 Å². The van der Waals surface area contributed by atoms with Crippen molar-refractivity contribution in [2.45, 2.75) is 17.9 Å². The predicted octanol–water partition coefficient (Wildman–Crippen LogP) is 5.05. The Kier molecular flexibility index (Phi) is 6.48. The van der Waals surface area contributed by atoms with Crippen molar-refractivity contribution in [3.63, 3.8) is 0 Å². The molecule has 0 N–H and O–H groups in total. The molecule has 27 heavy (non-hydrogen) atoms. The second kappa shape index (κ2) is 8.49. The quantitative estimate of drug-likeness (QED) is 0.593. The van der Waals surface area contributed by atoms with Gasteiger partial charge in [-0.3, -0.25) is 4.79 Å². The van der Waals surface area contributed by atoms with Gasteiger partial charge in [-0.15, -0.1) is 0 Å². The summed E-state index contributed by atoms with van der Waals surface area (Å²) in [6.07, 6.45) is 1.71. The van der Waals surface area contributed by atoms with Gasteiger partial charge in [0.05, 0.1) is 10.9 Å². The largest absolute Gasteiger partial charge is 0.282 e. The first-order chi connectivity index (χ1) is 12.8. The van der Waals surface area contributed by atoms with Gasteiger partial charge in [0.2, 0.25) is 15.1 Å². The number of carbonyl (C=O) groups is 1. The van der Waals surface area contributed by atoms with Crippen LogP contribution < -0.4 is 0 Å². The molecule has 0 saturated heterocycles. The molecule has 1 aliphatic heterocycles. The van der Waals surface area contributed by atoms with Crippen molar-refractivity contribution in [3.05, 3.63) is 75.2 Å². The van der Waals surface area contributed by atoms with E-state index in [2.05, 4.69) is 15.9 Å². The van der Waals surface area contributed by atoms with Crippen LogP contribution in [0.25, 0.3) is 0 Å². The van der Waals surface area contributed by atoms with E-state index >= 15 is 0 Å². The molecule has 8 heteroatoms. The first-order valence-electron chi connectivity index (χ1n) is 8.24. The fraction of sp³-hybridized carbons (Fsp3) is 0.211. The first-order valence-corrected chi connectivity index (χ1v) is 11.8. The van der Waals surface area contributed by atoms with Gasteiger partial charge in [-0.2, -0.15) is 4.31 Å². The molecule has 1 heterocycles. The van der Waals surface area contributed by atoms with Crippen LogP contribution in [-0.2, 0) is 14.8 Å². The van der Waals surface area contributed by atoms with Crippen molar-refractivity contribution in [1.29, 1.82) is 0 Å². The van der Waals surface area contributed by atoms with Gasteiger partial charge in [-0.05, 0) is 47.7 Å². The number of benzene rings is 2. The zero-order valence-corrected chi connectivity index (χ0v) is 18.4. The Balaban J connectivity index is 2.05. The predicted molar refractivity (Wildman–Crippen MR) is 113 cm³/mol. The third-order valence-electron chi connectivity index (χ3n) is 4.19. The Labute approximate surface area is 176 Å². The van der Waals surface area contributed by atoms with Crippen LogP contribution in [0.4, 0.5) is 0 Å². The lowest BCUT2D eigenvalue weighted by atomic mass is 10.0. The van der Waals surface area contributed by atoms with Crippen molar-refractivity contribution >= 4 is 54.4 Å². The number of thioether (sulfide) groups is 1. The number of nitrogens with zero attached hydrogens (tertiary/aromatic N) is 1. The van der Waals surface area contributed by atoms with Crippen LogP contribution in [0.1, 0.15) is 18.5 Å². The second-order valence-electron chi connectivity index (χ2n) is 5.86. The van der Waals surface area contributed by atoms with Crippen LogP contribution in [0.15, 0.2) is 69.5 Å². The molecule has 0 radical (unpaired) electrons. The number of sulfonamides is 1. The van der Waals surface area contributed by atoms with E-state index in [1.807, 2.05) is 31.2 Å². The average molecular weight is 487 g/mol. The van der Waals surface area contributed by atoms with E-state index in [0.717, 1.165) is 10.0 Å². The third-order valence-corrected chi connectivity index (χ3v) is 7.60. The van der Waals surface area contributed by atoms with E-state index in [9.17, 15) is 13.2 Å². The average Bonchev–Trinajstić information content (AvgIpc) is 3.09. The number of hydrogen-bond acceptors (Lipinski definition) is 4. The summed E-state index contributed by atoms with van der Waals surface area (Å²) >= 11 is 10.5. The zero-order chi connectivity index (χ0) is 19.6. The molecule has 4 nitrogen and oxygen atoms in total. The summed E-state index contributed by atoms with van der Waals surface area (Å²) in [7, 11) is -3.79. The molecule has 0 aliphatic carbocycles. The molecule has 0 fully saturated rings. The molecule has 0 bridgehead atoms. The minimum atomic E-state index is -3.79. The molecule has 0 saturated carbocycles. The van der Waals surface area contributed by atoms with Crippen molar-refractivity contribution in [1.82, 2.24) is 4.31 Å². The monoisotopic (exact) mass is 485 g/mol. The minimum absolute atomic E-state index is 0.0979. The van der Waals surface area contributed by atoms with Crippen LogP contribution in [0, 0.1) is 0 Å². The van der Waals surface area contributed by atoms with Gasteiger partial charge in [0.1, 0.15) is 0 Å². The van der Waals surface area contributed by atoms with Crippen LogP contribution in [-0.4, -0.2) is 30.1 Å². The summed E-state index contributed by atoms with van der Waals surface area (Å²) in [6.45, 7) is 2.05. The third kappa shape index (κ3) is 4.32. The van der Waals surface area contributed by atoms with Gasteiger partial charge in [0, 0.05) is 21.6 Å². The van der Waals surface area contributed by atoms with Gasteiger partial charge < -0.3 is 0 Å². The molecular formula is C19H17BrClNO3S2. The molecular weight excluding hydrogens is 470 g/mol. The van der Waals surface area contributed by atoms with Crippen molar-refractivity contribution < 1.29 is 13.2 Å². The maximum Gasteiger partial charge on any atom is 0.244 e. The molecule has 1 aliphatic rings. The van der Waals surface area contributed by atoms with E-state index in [1.54, 1.807) is 18.2 Å². The lowest BCUT2D eigenvalue weighted by Crippen LogP contribution is -2.33. The van der Waals surface area contributed by atoms with E-state index in [4.69, 9.17) is 11.6 Å². The Bertz CT molecular complexity index is 973. The van der Waals surface area contributed by atoms with Gasteiger partial charge in [-0.1, -0.05) is 64.4 Å². The molecule has 2 aromatic rings. The fourth-order valence-electron chi connectivity index (χ4n) is 2.94. The highest BCUT2D eigenvalue weighted by molar-refractivity contribution is 9.10. The Hall–Kier alpha value is -1.12. The van der Waals surface area contributed by atoms with E-state index < -0.39 is 16.1 Å². The van der Waals surface area contributed by atoms with Gasteiger partial charge >= 0.3 is 0 Å². The Morgan fingerprint density at radius 1 is 1.19 bits per heavy atom. The molecule has 0 aromatic heterocycles. The topological polar surface area (TPSA) is 54.5 Å². The number of carbonyl (C=O) groups excluding carboxylic acids is 1. The zero-order valence-electron chi connectivity index (χ0n) is 14.4. The van der Waals surface area contributed by atoms with Crippen molar-refractivity contribution in [2.24, 2.45) is 0 Å². The highest BCUT2D eigenvalue weighted by Crippen LogP contribution is 2.40. The second-order valence-corrected chi connectivity index (χ2v) is 10.3. The summed E-state index contributed by atoms with van der Waals surface area (Å²) in [5.74, 6) is 0.632. The smallest absolute Gasteiger partial charge is 0.244 e. The van der Waals surface area contributed by atoms with Crippen molar-refractivity contribution in [3.8, 4) is 0 Å². The first kappa shape index (κ1) is 20.6. The molecule has 142 valence electrons. The van der Waals surface area contributed by atoms with Crippen molar-refractivity contribution in [2.75, 3.05) is 12.3 Å². The normalized spacial score (nSPS) is 17.7. The molecule has 3 rings (SSSR count). The van der Waals surface area contributed by atoms with Crippen LogP contribution >= 0.6 is 39.3 Å². The Morgan fingerprint density at radius 3 is 2.41 bits per heavy atom. The van der Waals surface area contributed by atoms with Gasteiger partial charge in [0.25, 0.3) is 0 Å². The standard InChI is InChI=1S/C19H17BrClNO3S2/c1-2-26-19(23)17-11-12-22(18(17)13-3-5-14(20)6-4-13)27(24,25)16-9-7-15(21)8-10-16/h3-11,18H,2,12H2,1H3. The number of hydrogen-bond donors (Lipinski definition) is 0. The van der Waals surface area contributed by atoms with Crippen LogP contribution in [0.2, 0.25) is 5.02 Å². The summed E-state index contributed by atoms with van der Waals surface area (Å²) in [6, 6.07) is 12.8. The highest BCUT2D eigenvalue weighted by Gasteiger charge is 2.40. The lowest BCUT2D eigenvalue weighted by molar-refractivity contribution is -0.108. The maximum absolute atomic E-state index is 13.2. The molecule has 0 amide bonds. The van der Waals surface area contributed by atoms with E-state index in [0.29, 0.717) is 16.3 Å². The molecule has 2 aromatic carbocycles. The number of halogens is 2. The number of rotatable bonds is 5. The van der Waals surface area contributed by atoms with E-state index in [-0.39, 0.29) is 16.6 Å². The highest BCUT2D eigenvalue weighted by atomic mass is 79.9. The fourth-order valence-corrected chi connectivity index (χ4v) is 5.49. The summed E-state index contributed by atoms with van der Waals surface area (Å²) in [5.41, 5.74) is 1.26. The molecule has 1 atom stereocenters.